The van der Waals surface area contributed by atoms with Crippen molar-refractivity contribution < 1.29 is 0 Å². The number of aromatic nitrogens is 2. The van der Waals surface area contributed by atoms with Crippen molar-refractivity contribution >= 4 is 11.6 Å². The fourth-order valence-corrected chi connectivity index (χ4v) is 2.16. The van der Waals surface area contributed by atoms with Crippen LogP contribution in [0.1, 0.15) is 19.2 Å². The molecular formula is C11H16ClN3. The van der Waals surface area contributed by atoms with Crippen LogP contribution in [-0.4, -0.2) is 33.3 Å². The molecule has 1 aromatic heterocycles. The van der Waals surface area contributed by atoms with Gasteiger partial charge in [-0.15, -0.1) is 11.6 Å². The molecule has 1 aliphatic rings. The van der Waals surface area contributed by atoms with Crippen LogP contribution in [0, 0.1) is 5.92 Å². The molecule has 2 unspecified atom stereocenters. The molecule has 3 nitrogen and oxygen atoms in total. The standard InChI is InChI=1S/C11H16ClN3/c1-9-3-6-15(7-10(9)12)8-11-13-4-2-5-14-11/h2,4-5,9-10H,3,6-8H2,1H3. The predicted molar refractivity (Wildman–Crippen MR) is 60.7 cm³/mol. The maximum absolute atomic E-state index is 6.25. The first-order valence-corrected chi connectivity index (χ1v) is 5.81. The molecule has 82 valence electrons. The normalized spacial score (nSPS) is 27.9. The van der Waals surface area contributed by atoms with E-state index in [1.165, 1.54) is 6.42 Å². The number of hydrogen-bond donors (Lipinski definition) is 0. The predicted octanol–water partition coefficient (Wildman–Crippen LogP) is 1.93. The van der Waals surface area contributed by atoms with Crippen LogP contribution in [0.5, 0.6) is 0 Å². The van der Waals surface area contributed by atoms with Crippen molar-refractivity contribution in [2.45, 2.75) is 25.3 Å². The zero-order chi connectivity index (χ0) is 10.7. The molecule has 1 fully saturated rings. The van der Waals surface area contributed by atoms with E-state index >= 15 is 0 Å². The van der Waals surface area contributed by atoms with Crippen molar-refractivity contribution in [2.75, 3.05) is 13.1 Å². The van der Waals surface area contributed by atoms with Gasteiger partial charge in [0.2, 0.25) is 0 Å². The lowest BCUT2D eigenvalue weighted by molar-refractivity contribution is 0.185. The van der Waals surface area contributed by atoms with E-state index < -0.39 is 0 Å². The van der Waals surface area contributed by atoms with E-state index in [0.717, 1.165) is 25.5 Å². The van der Waals surface area contributed by atoms with Gasteiger partial charge in [0.25, 0.3) is 0 Å². The molecule has 1 aromatic rings. The number of rotatable bonds is 2. The monoisotopic (exact) mass is 225 g/mol. The van der Waals surface area contributed by atoms with Gasteiger partial charge in [0.15, 0.2) is 0 Å². The maximum atomic E-state index is 6.25. The Labute approximate surface area is 95.5 Å². The van der Waals surface area contributed by atoms with Crippen LogP contribution in [-0.2, 0) is 6.54 Å². The lowest BCUT2D eigenvalue weighted by atomic mass is 9.99. The first-order chi connectivity index (χ1) is 7.25. The Kier molecular flexibility index (Phi) is 3.54. The fourth-order valence-electron chi connectivity index (χ4n) is 1.84. The highest BCUT2D eigenvalue weighted by Crippen LogP contribution is 2.22. The molecule has 0 aliphatic carbocycles. The van der Waals surface area contributed by atoms with Crippen molar-refractivity contribution in [3.8, 4) is 0 Å². The molecule has 2 heterocycles. The average Bonchev–Trinajstić information content (AvgIpc) is 2.25. The molecule has 0 bridgehead atoms. The quantitative estimate of drug-likeness (QED) is 0.721. The van der Waals surface area contributed by atoms with E-state index in [0.29, 0.717) is 5.92 Å². The summed E-state index contributed by atoms with van der Waals surface area (Å²) < 4.78 is 0. The zero-order valence-corrected chi connectivity index (χ0v) is 9.69. The molecule has 2 rings (SSSR count). The number of nitrogens with zero attached hydrogens (tertiary/aromatic N) is 3. The number of alkyl halides is 1. The van der Waals surface area contributed by atoms with Gasteiger partial charge in [-0.2, -0.15) is 0 Å². The summed E-state index contributed by atoms with van der Waals surface area (Å²) in [6.45, 7) is 5.08. The highest BCUT2D eigenvalue weighted by atomic mass is 35.5. The van der Waals surface area contributed by atoms with E-state index in [2.05, 4.69) is 21.8 Å². The molecule has 0 radical (unpaired) electrons. The summed E-state index contributed by atoms with van der Waals surface area (Å²) in [5, 5.41) is 0.266. The van der Waals surface area contributed by atoms with Crippen molar-refractivity contribution in [1.82, 2.24) is 14.9 Å². The molecule has 2 atom stereocenters. The van der Waals surface area contributed by atoms with Gasteiger partial charge >= 0.3 is 0 Å². The van der Waals surface area contributed by atoms with Crippen LogP contribution in [0.15, 0.2) is 18.5 Å². The molecule has 1 aliphatic heterocycles. The SMILES string of the molecule is CC1CCN(Cc2ncccn2)CC1Cl. The third kappa shape index (κ3) is 2.89. The van der Waals surface area contributed by atoms with Crippen molar-refractivity contribution in [1.29, 1.82) is 0 Å². The van der Waals surface area contributed by atoms with Crippen molar-refractivity contribution in [2.24, 2.45) is 5.92 Å². The van der Waals surface area contributed by atoms with Gasteiger partial charge in [-0.25, -0.2) is 9.97 Å². The van der Waals surface area contributed by atoms with Crippen molar-refractivity contribution in [3.63, 3.8) is 0 Å². The molecule has 0 N–H and O–H groups in total. The Bertz CT molecular complexity index is 304. The van der Waals surface area contributed by atoms with E-state index in [1.807, 2.05) is 6.07 Å². The van der Waals surface area contributed by atoms with Crippen LogP contribution < -0.4 is 0 Å². The largest absolute Gasteiger partial charge is 0.294 e. The summed E-state index contributed by atoms with van der Waals surface area (Å²) in [6, 6.07) is 1.84. The third-order valence-electron chi connectivity index (χ3n) is 2.94. The Hall–Kier alpha value is -0.670. The molecule has 1 saturated heterocycles. The van der Waals surface area contributed by atoms with Gasteiger partial charge in [-0.1, -0.05) is 6.92 Å². The molecule has 4 heteroatoms. The molecule has 0 amide bonds. The molecule has 0 aromatic carbocycles. The van der Waals surface area contributed by atoms with E-state index in [-0.39, 0.29) is 5.38 Å². The summed E-state index contributed by atoms with van der Waals surface area (Å²) in [6.07, 6.45) is 4.74. The summed E-state index contributed by atoms with van der Waals surface area (Å²) in [4.78, 5) is 10.8. The second kappa shape index (κ2) is 4.90. The summed E-state index contributed by atoms with van der Waals surface area (Å²) in [7, 11) is 0. The van der Waals surface area contributed by atoms with Crippen LogP contribution in [0.4, 0.5) is 0 Å². The first-order valence-electron chi connectivity index (χ1n) is 5.38. The summed E-state index contributed by atoms with van der Waals surface area (Å²) in [5.74, 6) is 1.51. The fraction of sp³-hybridized carbons (Fsp3) is 0.636. The Morgan fingerprint density at radius 3 is 2.87 bits per heavy atom. The van der Waals surface area contributed by atoms with Gasteiger partial charge in [-0.3, -0.25) is 4.90 Å². The summed E-state index contributed by atoms with van der Waals surface area (Å²) >= 11 is 6.25. The van der Waals surface area contributed by atoms with Crippen LogP contribution in [0.2, 0.25) is 0 Å². The van der Waals surface area contributed by atoms with Gasteiger partial charge in [-0.05, 0) is 24.9 Å². The van der Waals surface area contributed by atoms with E-state index in [9.17, 15) is 0 Å². The van der Waals surface area contributed by atoms with Gasteiger partial charge < -0.3 is 0 Å². The molecule has 15 heavy (non-hydrogen) atoms. The van der Waals surface area contributed by atoms with E-state index in [4.69, 9.17) is 11.6 Å². The van der Waals surface area contributed by atoms with E-state index in [1.54, 1.807) is 12.4 Å². The lowest BCUT2D eigenvalue weighted by Crippen LogP contribution is -2.40. The molecular weight excluding hydrogens is 210 g/mol. The Morgan fingerprint density at radius 2 is 2.20 bits per heavy atom. The highest BCUT2D eigenvalue weighted by Gasteiger charge is 2.24. The zero-order valence-electron chi connectivity index (χ0n) is 8.93. The Balaban J connectivity index is 1.91. The smallest absolute Gasteiger partial charge is 0.142 e. The van der Waals surface area contributed by atoms with Gasteiger partial charge in [0.05, 0.1) is 6.54 Å². The first kappa shape index (κ1) is 10.8. The Morgan fingerprint density at radius 1 is 1.47 bits per heavy atom. The third-order valence-corrected chi connectivity index (χ3v) is 3.50. The minimum atomic E-state index is 0.266. The van der Waals surface area contributed by atoms with Crippen LogP contribution in [0.25, 0.3) is 0 Å². The number of piperidine rings is 1. The topological polar surface area (TPSA) is 29.0 Å². The van der Waals surface area contributed by atoms with Crippen LogP contribution >= 0.6 is 11.6 Å². The van der Waals surface area contributed by atoms with Gasteiger partial charge in [0, 0.05) is 24.3 Å². The number of halogens is 1. The minimum absolute atomic E-state index is 0.266. The second-order valence-electron chi connectivity index (χ2n) is 4.18. The molecule has 0 saturated carbocycles. The van der Waals surface area contributed by atoms with Crippen molar-refractivity contribution in [3.05, 3.63) is 24.3 Å². The van der Waals surface area contributed by atoms with Crippen LogP contribution in [0.3, 0.4) is 0 Å². The number of hydrogen-bond acceptors (Lipinski definition) is 3. The highest BCUT2D eigenvalue weighted by molar-refractivity contribution is 6.21. The average molecular weight is 226 g/mol. The van der Waals surface area contributed by atoms with Gasteiger partial charge in [0.1, 0.15) is 5.82 Å². The molecule has 0 spiro atoms. The summed E-state index contributed by atoms with van der Waals surface area (Å²) in [5.41, 5.74) is 0. The minimum Gasteiger partial charge on any atom is -0.294 e. The maximum Gasteiger partial charge on any atom is 0.142 e. The second-order valence-corrected chi connectivity index (χ2v) is 4.74. The lowest BCUT2D eigenvalue weighted by Gasteiger charge is -2.33. The number of likely N-dealkylation sites (tertiary alicyclic amines) is 1.